The predicted octanol–water partition coefficient (Wildman–Crippen LogP) is -0.493. The third kappa shape index (κ3) is 0.840. The Hall–Kier alpha value is -0.900. The fourth-order valence-corrected chi connectivity index (χ4v) is 0.793. The van der Waals surface area contributed by atoms with E-state index in [2.05, 4.69) is 4.98 Å². The number of carboxylic acid groups (broad SMARTS) is 1. The van der Waals surface area contributed by atoms with Crippen molar-refractivity contribution in [3.63, 3.8) is 0 Å². The normalized spacial score (nSPS) is 9.00. The number of aromatic carboxylic acids is 1. The first kappa shape index (κ1) is 5.24. The summed E-state index contributed by atoms with van der Waals surface area (Å²) in [6.45, 7) is 0. The molecule has 0 N–H and O–H groups in total. The van der Waals surface area contributed by atoms with Gasteiger partial charge in [-0.05, 0) is 0 Å². The highest BCUT2D eigenvalue weighted by molar-refractivity contribution is 7.11. The van der Waals surface area contributed by atoms with Crippen molar-refractivity contribution < 1.29 is 9.90 Å². The van der Waals surface area contributed by atoms with E-state index in [0.717, 1.165) is 11.3 Å². The van der Waals surface area contributed by atoms with Crippen molar-refractivity contribution >= 4 is 17.3 Å². The van der Waals surface area contributed by atoms with Crippen molar-refractivity contribution in [1.82, 2.24) is 4.98 Å². The molecule has 0 unspecified atom stereocenters. The Kier molecular flexibility index (Phi) is 1.26. The maximum atomic E-state index is 9.90. The van der Waals surface area contributed by atoms with Crippen molar-refractivity contribution in [3.05, 3.63) is 16.6 Å². The lowest BCUT2D eigenvalue weighted by atomic mass is 10.7. The molecule has 0 radical (unpaired) electrons. The van der Waals surface area contributed by atoms with Gasteiger partial charge in [-0.2, -0.15) is 0 Å². The minimum absolute atomic E-state index is 0.0324. The first-order valence-electron chi connectivity index (χ1n) is 1.91. The zero-order valence-electron chi connectivity index (χ0n) is 3.83. The number of hydrogen-bond acceptors (Lipinski definition) is 4. The summed E-state index contributed by atoms with van der Waals surface area (Å²) >= 11 is 1.06. The molecule has 0 spiro atoms. The van der Waals surface area contributed by atoms with Gasteiger partial charge in [0, 0.05) is 11.6 Å². The Morgan fingerprint density at radius 3 is 2.88 bits per heavy atom. The van der Waals surface area contributed by atoms with Gasteiger partial charge in [0.25, 0.3) is 0 Å². The molecular weight excluding hydrogens is 126 g/mol. The van der Waals surface area contributed by atoms with Crippen LogP contribution in [0.25, 0.3) is 0 Å². The molecule has 8 heavy (non-hydrogen) atoms. The van der Waals surface area contributed by atoms with Gasteiger partial charge in [-0.15, -0.1) is 11.3 Å². The molecule has 0 aliphatic carbocycles. The fraction of sp³-hybridized carbons (Fsp3) is 0. The topological polar surface area (TPSA) is 53.0 Å². The Morgan fingerprint density at radius 2 is 2.62 bits per heavy atom. The lowest BCUT2D eigenvalue weighted by Crippen LogP contribution is -2.21. The van der Waals surface area contributed by atoms with E-state index in [1.165, 1.54) is 6.20 Å². The van der Waals surface area contributed by atoms with Gasteiger partial charge in [-0.1, -0.05) is 0 Å². The molecule has 1 rings (SSSR count). The van der Waals surface area contributed by atoms with E-state index in [-0.39, 0.29) is 5.01 Å². The van der Waals surface area contributed by atoms with E-state index >= 15 is 0 Å². The second-order valence-electron chi connectivity index (χ2n) is 1.12. The van der Waals surface area contributed by atoms with E-state index in [9.17, 15) is 9.90 Å². The minimum atomic E-state index is -1.21. The van der Waals surface area contributed by atoms with Gasteiger partial charge in [-0.25, -0.2) is 4.98 Å². The molecule has 0 bridgehead atoms. The van der Waals surface area contributed by atoms with E-state index in [4.69, 9.17) is 0 Å². The Morgan fingerprint density at radius 1 is 1.88 bits per heavy atom. The van der Waals surface area contributed by atoms with E-state index in [1.807, 2.05) is 0 Å². The third-order valence-corrected chi connectivity index (χ3v) is 1.36. The average Bonchev–Trinajstić information content (AvgIpc) is 2.12. The number of carbonyl (C=O) groups excluding carboxylic acids is 1. The number of rotatable bonds is 1. The Balaban J connectivity index is 2.93. The largest absolute Gasteiger partial charge is 0.542 e. The van der Waals surface area contributed by atoms with Crippen molar-refractivity contribution in [1.29, 1.82) is 0 Å². The smallest absolute Gasteiger partial charge is 0.138 e. The number of nitrogens with zero attached hydrogens (tertiary/aromatic N) is 1. The first-order valence-corrected chi connectivity index (χ1v) is 2.79. The van der Waals surface area contributed by atoms with Crippen LogP contribution >= 0.6 is 11.3 Å². The van der Waals surface area contributed by atoms with Crippen LogP contribution in [0.4, 0.5) is 0 Å². The SMILES string of the molecule is O=C([O-])c1nccs1. The molecule has 0 fully saturated rings. The van der Waals surface area contributed by atoms with Crippen molar-refractivity contribution in [2.75, 3.05) is 0 Å². The molecule has 0 saturated heterocycles. The van der Waals surface area contributed by atoms with Gasteiger partial charge >= 0.3 is 0 Å². The second-order valence-corrected chi connectivity index (χ2v) is 2.02. The molecule has 0 amide bonds. The maximum Gasteiger partial charge on any atom is 0.138 e. The van der Waals surface area contributed by atoms with E-state index < -0.39 is 5.97 Å². The molecule has 3 nitrogen and oxygen atoms in total. The average molecular weight is 128 g/mol. The molecule has 1 aromatic heterocycles. The van der Waals surface area contributed by atoms with Gasteiger partial charge in [0.2, 0.25) is 0 Å². The molecule has 0 saturated carbocycles. The van der Waals surface area contributed by atoms with Crippen LogP contribution in [-0.2, 0) is 0 Å². The van der Waals surface area contributed by atoms with Gasteiger partial charge in [0.05, 0.1) is 0 Å². The highest BCUT2D eigenvalue weighted by Crippen LogP contribution is 2.00. The summed E-state index contributed by atoms with van der Waals surface area (Å²) in [4.78, 5) is 13.4. The van der Waals surface area contributed by atoms with Crippen LogP contribution < -0.4 is 5.11 Å². The molecule has 0 atom stereocenters. The van der Waals surface area contributed by atoms with Gasteiger partial charge in [-0.3, -0.25) is 0 Å². The molecule has 0 aromatic carbocycles. The monoisotopic (exact) mass is 128 g/mol. The number of aromatic nitrogens is 1. The summed E-state index contributed by atoms with van der Waals surface area (Å²) in [5.74, 6) is -1.21. The Bertz CT molecular complexity index is 182. The second kappa shape index (κ2) is 1.92. The maximum absolute atomic E-state index is 9.90. The summed E-state index contributed by atoms with van der Waals surface area (Å²) in [7, 11) is 0. The molecule has 42 valence electrons. The quantitative estimate of drug-likeness (QED) is 0.512. The molecule has 0 aliphatic rings. The van der Waals surface area contributed by atoms with Gasteiger partial charge in [0.1, 0.15) is 11.0 Å². The van der Waals surface area contributed by atoms with Crippen molar-refractivity contribution in [2.24, 2.45) is 0 Å². The Labute approximate surface area is 49.6 Å². The van der Waals surface area contributed by atoms with E-state index in [0.29, 0.717) is 0 Å². The van der Waals surface area contributed by atoms with Crippen LogP contribution in [0.5, 0.6) is 0 Å². The predicted molar refractivity (Wildman–Crippen MR) is 26.4 cm³/mol. The lowest BCUT2D eigenvalue weighted by Gasteiger charge is -1.90. The molecule has 1 aromatic rings. The number of carbonyl (C=O) groups is 1. The highest BCUT2D eigenvalue weighted by atomic mass is 32.1. The standard InChI is InChI=1S/C4H3NO2S/c6-4(7)3-5-1-2-8-3/h1-2H,(H,6,7)/p-1. The fourth-order valence-electron chi connectivity index (χ4n) is 0.324. The molecule has 4 heteroatoms. The number of hydrogen-bond donors (Lipinski definition) is 0. The first-order chi connectivity index (χ1) is 3.80. The van der Waals surface area contributed by atoms with Crippen LogP contribution in [0.2, 0.25) is 0 Å². The van der Waals surface area contributed by atoms with Crippen LogP contribution in [0, 0.1) is 0 Å². The van der Waals surface area contributed by atoms with Gasteiger partial charge < -0.3 is 9.90 Å². The molecular formula is C4H2NO2S-. The highest BCUT2D eigenvalue weighted by Gasteiger charge is 1.90. The zero-order valence-corrected chi connectivity index (χ0v) is 4.64. The summed E-state index contributed by atoms with van der Waals surface area (Å²) in [6.07, 6.45) is 1.43. The van der Waals surface area contributed by atoms with Crippen molar-refractivity contribution in [3.8, 4) is 0 Å². The molecule has 0 aliphatic heterocycles. The van der Waals surface area contributed by atoms with Crippen LogP contribution in [-0.4, -0.2) is 11.0 Å². The van der Waals surface area contributed by atoms with Crippen LogP contribution in [0.3, 0.4) is 0 Å². The zero-order chi connectivity index (χ0) is 5.98. The summed E-state index contributed by atoms with van der Waals surface area (Å²) in [5, 5.41) is 11.5. The number of thiazole rings is 1. The van der Waals surface area contributed by atoms with E-state index in [1.54, 1.807) is 5.38 Å². The lowest BCUT2D eigenvalue weighted by molar-refractivity contribution is -0.255. The summed E-state index contributed by atoms with van der Waals surface area (Å²) in [5.41, 5.74) is 0. The van der Waals surface area contributed by atoms with Gasteiger partial charge in [0.15, 0.2) is 0 Å². The van der Waals surface area contributed by atoms with Crippen molar-refractivity contribution in [2.45, 2.75) is 0 Å². The minimum Gasteiger partial charge on any atom is -0.542 e. The number of carboxylic acids is 1. The molecule has 1 heterocycles. The van der Waals surface area contributed by atoms with Crippen LogP contribution in [0.15, 0.2) is 11.6 Å². The van der Waals surface area contributed by atoms with Crippen LogP contribution in [0.1, 0.15) is 9.80 Å². The third-order valence-electron chi connectivity index (χ3n) is 0.607. The summed E-state index contributed by atoms with van der Waals surface area (Å²) in [6, 6.07) is 0. The summed E-state index contributed by atoms with van der Waals surface area (Å²) < 4.78 is 0.